The maximum Gasteiger partial charge on any atom is 0.229 e. The highest BCUT2D eigenvalue weighted by molar-refractivity contribution is 8.75. The molecule has 0 heterocycles. The Morgan fingerprint density at radius 2 is 2.15 bits per heavy atom. The molecule has 0 saturated carbocycles. The van der Waals surface area contributed by atoms with E-state index in [0.29, 0.717) is 5.56 Å². The Bertz CT molecular complexity index is 312. The molecule has 0 saturated heterocycles. The zero-order valence-electron chi connectivity index (χ0n) is 7.52. The van der Waals surface area contributed by atoms with Crippen LogP contribution in [0.25, 0.3) is 0 Å². The predicted molar refractivity (Wildman–Crippen MR) is 61.7 cm³/mol. The number of hydrogen-bond donors (Lipinski definition) is 1. The van der Waals surface area contributed by atoms with E-state index in [2.05, 4.69) is 11.7 Å². The summed E-state index contributed by atoms with van der Waals surface area (Å²) >= 11 is 3.87. The second kappa shape index (κ2) is 4.58. The molecule has 0 spiro atoms. The number of anilines is 1. The molecule has 0 N–H and O–H groups in total. The van der Waals surface area contributed by atoms with E-state index in [4.69, 9.17) is 0 Å². The first kappa shape index (κ1) is 10.5. The van der Waals surface area contributed by atoms with Crippen molar-refractivity contribution in [2.75, 3.05) is 19.0 Å². The first-order chi connectivity index (χ1) is 6.15. The fourth-order valence-corrected chi connectivity index (χ4v) is 1.51. The van der Waals surface area contributed by atoms with Gasteiger partial charge in [-0.3, -0.25) is 4.79 Å². The molecule has 0 atom stereocenters. The third-order valence-corrected chi connectivity index (χ3v) is 2.58. The minimum Gasteiger partial charge on any atom is -0.378 e. The van der Waals surface area contributed by atoms with Crippen LogP contribution in [0.5, 0.6) is 0 Å². The highest BCUT2D eigenvalue weighted by Crippen LogP contribution is 2.19. The van der Waals surface area contributed by atoms with Crippen molar-refractivity contribution < 1.29 is 4.79 Å². The molecule has 0 aromatic heterocycles. The van der Waals surface area contributed by atoms with Gasteiger partial charge in [-0.1, -0.05) is 12.1 Å². The van der Waals surface area contributed by atoms with Crippen molar-refractivity contribution in [3.8, 4) is 0 Å². The SMILES string of the molecule is CN(C)c1cccc(C(=O)SS)c1. The summed E-state index contributed by atoms with van der Waals surface area (Å²) in [5, 5.41) is -0.0213. The van der Waals surface area contributed by atoms with E-state index in [1.54, 1.807) is 6.07 Å². The Labute approximate surface area is 87.1 Å². The predicted octanol–water partition coefficient (Wildman–Crippen LogP) is 2.47. The quantitative estimate of drug-likeness (QED) is 0.602. The van der Waals surface area contributed by atoms with Crippen molar-refractivity contribution in [3.05, 3.63) is 29.8 Å². The number of carbonyl (C=O) groups is 1. The number of thiol groups is 1. The van der Waals surface area contributed by atoms with E-state index >= 15 is 0 Å². The van der Waals surface area contributed by atoms with E-state index in [9.17, 15) is 4.79 Å². The van der Waals surface area contributed by atoms with Crippen molar-refractivity contribution in [2.45, 2.75) is 0 Å². The van der Waals surface area contributed by atoms with Crippen LogP contribution in [0.4, 0.5) is 5.69 Å². The second-order valence-electron chi connectivity index (χ2n) is 2.82. The van der Waals surface area contributed by atoms with Crippen LogP contribution in [0.15, 0.2) is 24.3 Å². The van der Waals surface area contributed by atoms with Crippen LogP contribution < -0.4 is 4.90 Å². The Balaban J connectivity index is 2.98. The van der Waals surface area contributed by atoms with Gasteiger partial charge >= 0.3 is 0 Å². The molecule has 70 valence electrons. The number of nitrogens with zero attached hydrogens (tertiary/aromatic N) is 1. The molecular weight excluding hydrogens is 202 g/mol. The van der Waals surface area contributed by atoms with Crippen LogP contribution >= 0.6 is 22.5 Å². The summed E-state index contributed by atoms with van der Waals surface area (Å²) in [6.45, 7) is 0. The Morgan fingerprint density at radius 1 is 1.46 bits per heavy atom. The lowest BCUT2D eigenvalue weighted by atomic mass is 10.2. The maximum atomic E-state index is 11.3. The zero-order valence-corrected chi connectivity index (χ0v) is 9.23. The lowest BCUT2D eigenvalue weighted by molar-refractivity contribution is 0.109. The molecule has 1 rings (SSSR count). The van der Waals surface area contributed by atoms with Gasteiger partial charge in [0.1, 0.15) is 0 Å². The van der Waals surface area contributed by atoms with Crippen molar-refractivity contribution in [3.63, 3.8) is 0 Å². The molecule has 0 fully saturated rings. The van der Waals surface area contributed by atoms with Gasteiger partial charge in [0.2, 0.25) is 5.12 Å². The summed E-state index contributed by atoms with van der Waals surface area (Å²) in [7, 11) is 4.82. The standard InChI is InChI=1S/C9H11NOS2/c1-10(2)8-5-3-4-7(6-8)9(11)13-12/h3-6,12H,1-2H3. The van der Waals surface area contributed by atoms with Crippen LogP contribution in [0, 0.1) is 0 Å². The van der Waals surface area contributed by atoms with Crippen molar-refractivity contribution in [2.24, 2.45) is 0 Å². The molecule has 0 unspecified atom stereocenters. The molecule has 2 nitrogen and oxygen atoms in total. The van der Waals surface area contributed by atoms with E-state index < -0.39 is 0 Å². The summed E-state index contributed by atoms with van der Waals surface area (Å²) in [5.74, 6) is 0. The topological polar surface area (TPSA) is 20.3 Å². The van der Waals surface area contributed by atoms with E-state index in [1.807, 2.05) is 37.2 Å². The minimum atomic E-state index is -0.0213. The molecule has 0 amide bonds. The summed E-state index contributed by atoms with van der Waals surface area (Å²) in [5.41, 5.74) is 1.71. The number of carbonyl (C=O) groups excluding carboxylic acids is 1. The van der Waals surface area contributed by atoms with Gasteiger partial charge in [0, 0.05) is 25.3 Å². The molecule has 0 bridgehead atoms. The minimum absolute atomic E-state index is 0.0213. The van der Waals surface area contributed by atoms with Crippen LogP contribution in [0.1, 0.15) is 10.4 Å². The summed E-state index contributed by atoms with van der Waals surface area (Å²) in [6, 6.07) is 7.47. The van der Waals surface area contributed by atoms with Gasteiger partial charge < -0.3 is 4.90 Å². The maximum absolute atomic E-state index is 11.3. The third kappa shape index (κ3) is 2.67. The van der Waals surface area contributed by atoms with Crippen LogP contribution in [0.3, 0.4) is 0 Å². The molecule has 4 heteroatoms. The van der Waals surface area contributed by atoms with Crippen molar-refractivity contribution in [1.82, 2.24) is 0 Å². The lowest BCUT2D eigenvalue weighted by Gasteiger charge is -2.12. The van der Waals surface area contributed by atoms with Gasteiger partial charge in [0.05, 0.1) is 0 Å². The van der Waals surface area contributed by atoms with Crippen LogP contribution in [-0.4, -0.2) is 19.2 Å². The van der Waals surface area contributed by atoms with Crippen molar-refractivity contribution >= 4 is 33.3 Å². The Kier molecular flexibility index (Phi) is 3.69. The van der Waals surface area contributed by atoms with E-state index in [1.165, 1.54) is 0 Å². The fourth-order valence-electron chi connectivity index (χ4n) is 0.964. The molecule has 0 aliphatic heterocycles. The molecular formula is C9H11NOS2. The summed E-state index contributed by atoms with van der Waals surface area (Å²) in [6.07, 6.45) is 0. The van der Waals surface area contributed by atoms with Gasteiger partial charge in [-0.25, -0.2) is 0 Å². The lowest BCUT2D eigenvalue weighted by Crippen LogP contribution is -2.09. The average Bonchev–Trinajstić information content (AvgIpc) is 2.17. The van der Waals surface area contributed by atoms with Gasteiger partial charge in [-0.15, -0.1) is 11.7 Å². The number of benzene rings is 1. The van der Waals surface area contributed by atoms with E-state index in [-0.39, 0.29) is 5.12 Å². The first-order valence-electron chi connectivity index (χ1n) is 3.78. The summed E-state index contributed by atoms with van der Waals surface area (Å²) < 4.78 is 0. The highest BCUT2D eigenvalue weighted by Gasteiger charge is 2.05. The molecule has 1 aromatic carbocycles. The summed E-state index contributed by atoms with van der Waals surface area (Å²) in [4.78, 5) is 13.2. The van der Waals surface area contributed by atoms with Gasteiger partial charge in [0.15, 0.2) is 0 Å². The molecule has 1 aromatic rings. The van der Waals surface area contributed by atoms with E-state index in [0.717, 1.165) is 16.5 Å². The molecule has 0 aliphatic carbocycles. The van der Waals surface area contributed by atoms with Crippen LogP contribution in [0.2, 0.25) is 0 Å². The molecule has 0 aliphatic rings. The Morgan fingerprint density at radius 3 is 2.69 bits per heavy atom. The smallest absolute Gasteiger partial charge is 0.229 e. The van der Waals surface area contributed by atoms with Crippen LogP contribution in [-0.2, 0) is 0 Å². The van der Waals surface area contributed by atoms with Gasteiger partial charge in [-0.2, -0.15) is 0 Å². The Hall–Kier alpha value is -0.610. The molecule has 0 radical (unpaired) electrons. The normalized spacial score (nSPS) is 9.77. The monoisotopic (exact) mass is 213 g/mol. The number of hydrogen-bond acceptors (Lipinski definition) is 4. The largest absolute Gasteiger partial charge is 0.378 e. The molecule has 13 heavy (non-hydrogen) atoms. The third-order valence-electron chi connectivity index (χ3n) is 1.68. The fraction of sp³-hybridized carbons (Fsp3) is 0.222. The average molecular weight is 213 g/mol. The highest BCUT2D eigenvalue weighted by atomic mass is 33.1. The second-order valence-corrected chi connectivity index (χ2v) is 3.92. The zero-order chi connectivity index (χ0) is 9.84. The van der Waals surface area contributed by atoms with Gasteiger partial charge in [0.25, 0.3) is 0 Å². The number of rotatable bonds is 2. The first-order valence-corrected chi connectivity index (χ1v) is 5.65. The van der Waals surface area contributed by atoms with Gasteiger partial charge in [-0.05, 0) is 22.9 Å². The van der Waals surface area contributed by atoms with Crippen molar-refractivity contribution in [1.29, 1.82) is 0 Å².